The molecule has 0 heterocycles. The number of nitrogens with one attached hydrogen (secondary N) is 1. The van der Waals surface area contributed by atoms with Gasteiger partial charge in [0.25, 0.3) is 0 Å². The van der Waals surface area contributed by atoms with E-state index in [2.05, 4.69) is 78.3 Å². The number of quaternary nitrogens is 1. The van der Waals surface area contributed by atoms with Crippen LogP contribution in [0.2, 0.25) is 0 Å². The minimum absolute atomic E-state index is 0.0518. The molecule has 1 aromatic rings. The number of nitrogens with zero attached hydrogens (tertiary/aromatic N) is 2. The molecule has 0 unspecified atom stereocenters. The second-order valence-electron chi connectivity index (χ2n) is 13.8. The summed E-state index contributed by atoms with van der Waals surface area (Å²) in [4.78, 5) is 14.7. The van der Waals surface area contributed by atoms with Crippen LogP contribution in [-0.2, 0) is 17.8 Å². The Bertz CT molecular complexity index is 785. The van der Waals surface area contributed by atoms with Gasteiger partial charge in [0.05, 0.1) is 20.6 Å². The molecule has 0 fully saturated rings. The minimum atomic E-state index is -0.248. The molecule has 0 atom stereocenters. The van der Waals surface area contributed by atoms with E-state index in [0.29, 0.717) is 6.54 Å². The molecule has 5 nitrogen and oxygen atoms in total. The number of hydrogen-bond acceptors (Lipinski definition) is 3. The van der Waals surface area contributed by atoms with Crippen molar-refractivity contribution in [3.8, 4) is 0 Å². The maximum atomic E-state index is 12.6. The summed E-state index contributed by atoms with van der Waals surface area (Å²) in [6, 6.07) is 9.12. The summed E-state index contributed by atoms with van der Waals surface area (Å²) >= 11 is 0. The lowest BCUT2D eigenvalue weighted by Crippen LogP contribution is -2.52. The number of hydrogen-bond donors (Lipinski definition) is 2. The van der Waals surface area contributed by atoms with E-state index in [9.17, 15) is 4.79 Å². The summed E-state index contributed by atoms with van der Waals surface area (Å²) in [5.41, 5.74) is 8.05. The molecule has 1 amide bonds. The largest absolute Gasteiger partial charge is 0.337 e. The van der Waals surface area contributed by atoms with Gasteiger partial charge >= 0.3 is 0 Å². The standard InChI is InChI=1S/C34H65N4O/c1-9-10-11-12-13-14-15-16-17-18-27-38(7,8)29-32-21-19-31(20-22-32)28-34(5,6)37(30(2)39)26-23-33(3,4)36-25-24-35/h19-22,36H,9-18,23-29,35H2,1-8H3/q+1. The first kappa shape index (κ1) is 35.6. The third-order valence-corrected chi connectivity index (χ3v) is 8.21. The minimum Gasteiger partial charge on any atom is -0.337 e. The molecular weight excluding hydrogens is 480 g/mol. The average molecular weight is 546 g/mol. The number of carbonyl (C=O) groups is 1. The van der Waals surface area contributed by atoms with Gasteiger partial charge in [-0.15, -0.1) is 0 Å². The molecule has 39 heavy (non-hydrogen) atoms. The summed E-state index contributed by atoms with van der Waals surface area (Å²) in [6.07, 6.45) is 15.6. The van der Waals surface area contributed by atoms with Crippen LogP contribution < -0.4 is 11.1 Å². The molecule has 0 saturated heterocycles. The van der Waals surface area contributed by atoms with E-state index in [0.717, 1.165) is 37.0 Å². The Balaban J connectivity index is 2.52. The Morgan fingerprint density at radius 3 is 1.90 bits per heavy atom. The molecule has 0 bridgehead atoms. The Hall–Kier alpha value is -1.43. The molecule has 0 aliphatic heterocycles. The molecule has 3 N–H and O–H groups in total. The Kier molecular flexibility index (Phi) is 16.5. The van der Waals surface area contributed by atoms with Gasteiger partial charge in [-0.1, -0.05) is 82.6 Å². The molecule has 0 saturated carbocycles. The fourth-order valence-corrected chi connectivity index (χ4v) is 5.73. The van der Waals surface area contributed by atoms with E-state index >= 15 is 0 Å². The van der Waals surface area contributed by atoms with E-state index in [4.69, 9.17) is 5.73 Å². The zero-order chi connectivity index (χ0) is 29.4. The summed E-state index contributed by atoms with van der Waals surface area (Å²) in [5.74, 6) is 0.136. The Morgan fingerprint density at radius 1 is 0.872 bits per heavy atom. The van der Waals surface area contributed by atoms with Crippen LogP contribution in [0.25, 0.3) is 0 Å². The zero-order valence-corrected chi connectivity index (χ0v) is 27.2. The fourth-order valence-electron chi connectivity index (χ4n) is 5.73. The van der Waals surface area contributed by atoms with E-state index in [1.807, 2.05) is 4.90 Å². The van der Waals surface area contributed by atoms with Gasteiger partial charge in [0, 0.05) is 43.2 Å². The molecule has 0 aromatic heterocycles. The van der Waals surface area contributed by atoms with Crippen molar-refractivity contribution in [2.45, 2.75) is 136 Å². The van der Waals surface area contributed by atoms with Gasteiger partial charge in [-0.3, -0.25) is 4.79 Å². The molecule has 0 radical (unpaired) electrons. The molecule has 1 rings (SSSR count). The van der Waals surface area contributed by atoms with Gasteiger partial charge in [0.2, 0.25) is 5.91 Å². The summed E-state index contributed by atoms with van der Waals surface area (Å²) in [6.45, 7) is 17.2. The molecule has 226 valence electrons. The van der Waals surface area contributed by atoms with Gasteiger partial charge in [-0.2, -0.15) is 0 Å². The third kappa shape index (κ3) is 15.8. The lowest BCUT2D eigenvalue weighted by molar-refractivity contribution is -0.903. The SMILES string of the molecule is CCCCCCCCCCCC[N+](C)(C)Cc1ccc(CC(C)(C)N(CCC(C)(C)NCCN)C(C)=O)cc1. The first-order valence-corrected chi connectivity index (χ1v) is 15.9. The first-order valence-electron chi connectivity index (χ1n) is 15.9. The normalized spacial score (nSPS) is 12.6. The second kappa shape index (κ2) is 18.1. The average Bonchev–Trinajstić information content (AvgIpc) is 2.84. The van der Waals surface area contributed by atoms with Gasteiger partial charge < -0.3 is 20.4 Å². The summed E-state index contributed by atoms with van der Waals surface area (Å²) in [5, 5.41) is 3.50. The van der Waals surface area contributed by atoms with Crippen molar-refractivity contribution in [1.29, 1.82) is 0 Å². The van der Waals surface area contributed by atoms with Crippen LogP contribution in [-0.4, -0.2) is 66.6 Å². The predicted octanol–water partition coefficient (Wildman–Crippen LogP) is 7.07. The Labute approximate surface area is 242 Å². The maximum absolute atomic E-state index is 12.6. The van der Waals surface area contributed by atoms with Crippen molar-refractivity contribution >= 4 is 5.91 Å². The molecule has 5 heteroatoms. The molecule has 0 spiro atoms. The number of benzene rings is 1. The van der Waals surface area contributed by atoms with Crippen LogP contribution >= 0.6 is 0 Å². The van der Waals surface area contributed by atoms with Crippen molar-refractivity contribution in [2.24, 2.45) is 5.73 Å². The number of rotatable bonds is 22. The summed E-state index contributed by atoms with van der Waals surface area (Å²) in [7, 11) is 4.72. The number of carbonyl (C=O) groups excluding carboxylic acids is 1. The van der Waals surface area contributed by atoms with Crippen molar-refractivity contribution in [2.75, 3.05) is 40.3 Å². The Morgan fingerprint density at radius 2 is 1.38 bits per heavy atom. The smallest absolute Gasteiger partial charge is 0.219 e. The fraction of sp³-hybridized carbons (Fsp3) is 0.794. The van der Waals surface area contributed by atoms with Crippen molar-refractivity contribution in [3.05, 3.63) is 35.4 Å². The van der Waals surface area contributed by atoms with Gasteiger partial charge in [-0.25, -0.2) is 0 Å². The number of amides is 1. The number of nitrogens with two attached hydrogens (primary N) is 1. The highest BCUT2D eigenvalue weighted by Gasteiger charge is 2.31. The topological polar surface area (TPSA) is 58.4 Å². The lowest BCUT2D eigenvalue weighted by Gasteiger charge is -2.40. The third-order valence-electron chi connectivity index (χ3n) is 8.21. The second-order valence-corrected chi connectivity index (χ2v) is 13.8. The number of unbranched alkanes of at least 4 members (excludes halogenated alkanes) is 9. The van der Waals surface area contributed by atoms with Crippen LogP contribution in [0.15, 0.2) is 24.3 Å². The van der Waals surface area contributed by atoms with Crippen LogP contribution in [0.5, 0.6) is 0 Å². The van der Waals surface area contributed by atoms with Gasteiger partial charge in [0.15, 0.2) is 0 Å². The summed E-state index contributed by atoms with van der Waals surface area (Å²) < 4.78 is 1.04. The highest BCUT2D eigenvalue weighted by molar-refractivity contribution is 5.74. The van der Waals surface area contributed by atoms with Gasteiger partial charge in [0.1, 0.15) is 6.54 Å². The highest BCUT2D eigenvalue weighted by atomic mass is 16.2. The highest BCUT2D eigenvalue weighted by Crippen LogP contribution is 2.24. The molecule has 1 aromatic carbocycles. The monoisotopic (exact) mass is 546 g/mol. The maximum Gasteiger partial charge on any atom is 0.219 e. The molecule has 0 aliphatic carbocycles. The zero-order valence-electron chi connectivity index (χ0n) is 27.2. The van der Waals surface area contributed by atoms with Crippen LogP contribution in [0, 0.1) is 0 Å². The van der Waals surface area contributed by atoms with Crippen molar-refractivity contribution in [3.63, 3.8) is 0 Å². The van der Waals surface area contributed by atoms with E-state index in [1.165, 1.54) is 81.9 Å². The molecular formula is C34H65N4O+. The molecule has 0 aliphatic rings. The van der Waals surface area contributed by atoms with Crippen molar-refractivity contribution < 1.29 is 9.28 Å². The van der Waals surface area contributed by atoms with Crippen LogP contribution in [0.4, 0.5) is 0 Å². The van der Waals surface area contributed by atoms with Crippen LogP contribution in [0.1, 0.15) is 123 Å². The van der Waals surface area contributed by atoms with E-state index < -0.39 is 0 Å². The first-order chi connectivity index (χ1) is 18.3. The van der Waals surface area contributed by atoms with E-state index in [1.54, 1.807) is 6.92 Å². The van der Waals surface area contributed by atoms with Crippen LogP contribution in [0.3, 0.4) is 0 Å². The quantitative estimate of drug-likeness (QED) is 0.121. The van der Waals surface area contributed by atoms with E-state index in [-0.39, 0.29) is 17.0 Å². The predicted molar refractivity (Wildman–Crippen MR) is 170 cm³/mol. The van der Waals surface area contributed by atoms with Gasteiger partial charge in [-0.05, 0) is 58.9 Å². The lowest BCUT2D eigenvalue weighted by atomic mass is 9.90. The van der Waals surface area contributed by atoms with Crippen molar-refractivity contribution in [1.82, 2.24) is 10.2 Å².